The Kier molecular flexibility index (Phi) is 4.18. The smallest absolute Gasteiger partial charge is 0.134 e. The molecule has 1 aromatic heterocycles. The van der Waals surface area contributed by atoms with E-state index >= 15 is 0 Å². The van der Waals surface area contributed by atoms with Gasteiger partial charge in [-0.3, -0.25) is 0 Å². The first kappa shape index (κ1) is 12.6. The van der Waals surface area contributed by atoms with Gasteiger partial charge < -0.3 is 9.64 Å². The number of hydrogen-bond acceptors (Lipinski definition) is 4. The van der Waals surface area contributed by atoms with Crippen molar-refractivity contribution in [1.82, 2.24) is 9.97 Å². The van der Waals surface area contributed by atoms with E-state index in [0.717, 1.165) is 44.2 Å². The third-order valence-electron chi connectivity index (χ3n) is 3.04. The third kappa shape index (κ3) is 2.87. The molecule has 0 saturated carbocycles. The van der Waals surface area contributed by atoms with E-state index in [1.807, 2.05) is 13.0 Å². The zero-order valence-corrected chi connectivity index (χ0v) is 11.1. The molecule has 1 unspecified atom stereocenters. The van der Waals surface area contributed by atoms with Gasteiger partial charge in [-0.15, -0.1) is 0 Å². The second kappa shape index (κ2) is 5.65. The van der Waals surface area contributed by atoms with Gasteiger partial charge in [-0.25, -0.2) is 9.97 Å². The second-order valence-electron chi connectivity index (χ2n) is 4.15. The van der Waals surface area contributed by atoms with Crippen LogP contribution in [0.3, 0.4) is 0 Å². The van der Waals surface area contributed by atoms with Crippen molar-refractivity contribution in [2.24, 2.45) is 0 Å². The van der Waals surface area contributed by atoms with E-state index in [2.05, 4.69) is 21.8 Å². The molecule has 0 amide bonds. The Labute approximate surface area is 107 Å². The van der Waals surface area contributed by atoms with E-state index < -0.39 is 0 Å². The van der Waals surface area contributed by atoms with Gasteiger partial charge >= 0.3 is 0 Å². The van der Waals surface area contributed by atoms with E-state index in [-0.39, 0.29) is 0 Å². The topological polar surface area (TPSA) is 38.2 Å². The lowest BCUT2D eigenvalue weighted by Crippen LogP contribution is -2.45. The minimum Gasteiger partial charge on any atom is -0.377 e. The fourth-order valence-electron chi connectivity index (χ4n) is 2.05. The van der Waals surface area contributed by atoms with Gasteiger partial charge in [-0.1, -0.05) is 25.4 Å². The first-order valence-electron chi connectivity index (χ1n) is 6.12. The number of morpholine rings is 1. The van der Waals surface area contributed by atoms with Crippen LogP contribution in [0, 0.1) is 0 Å². The SMILES string of the molecule is CCc1nc(Cl)cc(N2CCOCC2CC)n1. The zero-order valence-electron chi connectivity index (χ0n) is 10.3. The summed E-state index contributed by atoms with van der Waals surface area (Å²) in [6.07, 6.45) is 1.85. The number of aromatic nitrogens is 2. The van der Waals surface area contributed by atoms with Gasteiger partial charge in [-0.05, 0) is 6.42 Å². The lowest BCUT2D eigenvalue weighted by atomic mass is 10.2. The summed E-state index contributed by atoms with van der Waals surface area (Å²) in [4.78, 5) is 11.0. The molecule has 1 aromatic rings. The summed E-state index contributed by atoms with van der Waals surface area (Å²) in [5, 5.41) is 0.521. The summed E-state index contributed by atoms with van der Waals surface area (Å²) >= 11 is 6.03. The molecule has 1 fully saturated rings. The Morgan fingerprint density at radius 1 is 1.47 bits per heavy atom. The number of ether oxygens (including phenoxy) is 1. The molecule has 0 bridgehead atoms. The molecule has 4 nitrogen and oxygen atoms in total. The Balaban J connectivity index is 2.27. The van der Waals surface area contributed by atoms with Gasteiger partial charge in [0, 0.05) is 19.0 Å². The number of anilines is 1. The summed E-state index contributed by atoms with van der Waals surface area (Å²) in [6, 6.07) is 2.23. The maximum absolute atomic E-state index is 6.03. The quantitative estimate of drug-likeness (QED) is 0.777. The van der Waals surface area contributed by atoms with Crippen LogP contribution in [0.2, 0.25) is 5.15 Å². The Hall–Kier alpha value is -0.870. The predicted octanol–water partition coefficient (Wildman–Crippen LogP) is 2.31. The lowest BCUT2D eigenvalue weighted by Gasteiger charge is -2.36. The van der Waals surface area contributed by atoms with Crippen LogP contribution in [0.4, 0.5) is 5.82 Å². The minimum absolute atomic E-state index is 0.388. The molecule has 1 aliphatic rings. The van der Waals surface area contributed by atoms with Crippen molar-refractivity contribution >= 4 is 17.4 Å². The maximum Gasteiger partial charge on any atom is 0.134 e. The minimum atomic E-state index is 0.388. The summed E-state index contributed by atoms with van der Waals surface area (Å²) in [5.74, 6) is 1.73. The number of hydrogen-bond donors (Lipinski definition) is 0. The molecule has 2 rings (SSSR count). The summed E-state index contributed by atoms with van der Waals surface area (Å²) in [6.45, 7) is 6.58. The molecule has 1 saturated heterocycles. The van der Waals surface area contributed by atoms with Crippen molar-refractivity contribution in [1.29, 1.82) is 0 Å². The number of nitrogens with zero attached hydrogens (tertiary/aromatic N) is 3. The Morgan fingerprint density at radius 3 is 3.00 bits per heavy atom. The second-order valence-corrected chi connectivity index (χ2v) is 4.54. The van der Waals surface area contributed by atoms with Gasteiger partial charge in [0.2, 0.25) is 0 Å². The van der Waals surface area contributed by atoms with E-state index in [1.54, 1.807) is 0 Å². The standard InChI is InChI=1S/C12H18ClN3O/c1-3-9-8-17-6-5-16(9)12-7-10(13)14-11(4-2)15-12/h7,9H,3-6,8H2,1-2H3. The first-order valence-corrected chi connectivity index (χ1v) is 6.50. The van der Waals surface area contributed by atoms with Crippen molar-refractivity contribution in [3.05, 3.63) is 17.0 Å². The summed E-state index contributed by atoms with van der Waals surface area (Å²) in [7, 11) is 0. The molecule has 5 heteroatoms. The van der Waals surface area contributed by atoms with Crippen molar-refractivity contribution in [2.45, 2.75) is 32.7 Å². The average Bonchev–Trinajstić information content (AvgIpc) is 2.37. The van der Waals surface area contributed by atoms with Gasteiger partial charge in [0.15, 0.2) is 0 Å². The molecule has 0 radical (unpaired) electrons. The van der Waals surface area contributed by atoms with Gasteiger partial charge in [0.25, 0.3) is 0 Å². The molecular weight excluding hydrogens is 238 g/mol. The van der Waals surface area contributed by atoms with Crippen LogP contribution in [-0.2, 0) is 11.2 Å². The zero-order chi connectivity index (χ0) is 12.3. The number of rotatable bonds is 3. The fourth-order valence-corrected chi connectivity index (χ4v) is 2.25. The lowest BCUT2D eigenvalue weighted by molar-refractivity contribution is 0.0925. The van der Waals surface area contributed by atoms with Crippen LogP contribution >= 0.6 is 11.6 Å². The highest BCUT2D eigenvalue weighted by atomic mass is 35.5. The largest absolute Gasteiger partial charge is 0.377 e. The molecule has 0 spiro atoms. The highest BCUT2D eigenvalue weighted by Crippen LogP contribution is 2.22. The third-order valence-corrected chi connectivity index (χ3v) is 3.23. The molecule has 0 aromatic carbocycles. The van der Waals surface area contributed by atoms with Crippen LogP contribution in [0.5, 0.6) is 0 Å². The normalized spacial score (nSPS) is 20.6. The van der Waals surface area contributed by atoms with E-state index in [1.165, 1.54) is 0 Å². The van der Waals surface area contributed by atoms with Gasteiger partial charge in [0.1, 0.15) is 16.8 Å². The summed E-state index contributed by atoms with van der Waals surface area (Å²) in [5.41, 5.74) is 0. The van der Waals surface area contributed by atoms with Crippen LogP contribution in [-0.4, -0.2) is 35.8 Å². The van der Waals surface area contributed by atoms with E-state index in [9.17, 15) is 0 Å². The highest BCUT2D eigenvalue weighted by Gasteiger charge is 2.23. The van der Waals surface area contributed by atoms with Crippen LogP contribution in [0.15, 0.2) is 6.07 Å². The van der Waals surface area contributed by atoms with Crippen LogP contribution in [0.25, 0.3) is 0 Å². The van der Waals surface area contributed by atoms with Crippen molar-refractivity contribution in [3.8, 4) is 0 Å². The molecule has 94 valence electrons. The Morgan fingerprint density at radius 2 is 2.29 bits per heavy atom. The van der Waals surface area contributed by atoms with Gasteiger partial charge in [-0.2, -0.15) is 0 Å². The predicted molar refractivity (Wildman–Crippen MR) is 68.7 cm³/mol. The van der Waals surface area contributed by atoms with E-state index in [0.29, 0.717) is 11.2 Å². The maximum atomic E-state index is 6.03. The first-order chi connectivity index (χ1) is 8.24. The van der Waals surface area contributed by atoms with Crippen molar-refractivity contribution < 1.29 is 4.74 Å². The average molecular weight is 256 g/mol. The molecule has 1 atom stereocenters. The molecule has 0 aliphatic carbocycles. The van der Waals surface area contributed by atoms with Gasteiger partial charge in [0.05, 0.1) is 19.3 Å². The van der Waals surface area contributed by atoms with Crippen molar-refractivity contribution in [3.63, 3.8) is 0 Å². The molecule has 1 aliphatic heterocycles. The van der Waals surface area contributed by atoms with Crippen LogP contribution in [0.1, 0.15) is 26.1 Å². The Bertz CT molecular complexity index is 386. The summed E-state index contributed by atoms with van der Waals surface area (Å²) < 4.78 is 5.49. The molecule has 0 N–H and O–H groups in total. The highest BCUT2D eigenvalue weighted by molar-refractivity contribution is 6.29. The van der Waals surface area contributed by atoms with Crippen molar-refractivity contribution in [2.75, 3.05) is 24.7 Å². The van der Waals surface area contributed by atoms with E-state index in [4.69, 9.17) is 16.3 Å². The monoisotopic (exact) mass is 255 g/mol. The number of halogens is 1. The fraction of sp³-hybridized carbons (Fsp3) is 0.667. The molecule has 17 heavy (non-hydrogen) atoms. The molecule has 2 heterocycles. The number of aryl methyl sites for hydroxylation is 1. The molecular formula is C12H18ClN3O. The van der Waals surface area contributed by atoms with Crippen LogP contribution < -0.4 is 4.90 Å².